The largest absolute Gasteiger partial charge is 0.493 e. The molecule has 8 heteroatoms. The van der Waals surface area contributed by atoms with Gasteiger partial charge in [-0.15, -0.1) is 0 Å². The Morgan fingerprint density at radius 2 is 2.00 bits per heavy atom. The fourth-order valence-electron chi connectivity index (χ4n) is 1.91. The Morgan fingerprint density at radius 1 is 1.20 bits per heavy atom. The first-order chi connectivity index (χ1) is 12.1. The van der Waals surface area contributed by atoms with E-state index in [-0.39, 0.29) is 12.5 Å². The lowest BCUT2D eigenvalue weighted by Gasteiger charge is -2.07. The Hall–Kier alpha value is -3.42. The van der Waals surface area contributed by atoms with Gasteiger partial charge in [-0.25, -0.2) is 5.43 Å². The van der Waals surface area contributed by atoms with E-state index in [1.54, 1.807) is 43.6 Å². The van der Waals surface area contributed by atoms with Gasteiger partial charge >= 0.3 is 0 Å². The van der Waals surface area contributed by atoms with Crippen molar-refractivity contribution in [2.24, 2.45) is 5.10 Å². The highest BCUT2D eigenvalue weighted by molar-refractivity contribution is 5.96. The van der Waals surface area contributed by atoms with Gasteiger partial charge in [0.05, 0.1) is 32.5 Å². The van der Waals surface area contributed by atoms with Crippen molar-refractivity contribution in [3.05, 3.63) is 53.9 Å². The number of hydrazone groups is 1. The molecule has 0 fully saturated rings. The molecule has 0 spiro atoms. The second-order valence-electron chi connectivity index (χ2n) is 4.83. The number of pyridine rings is 1. The van der Waals surface area contributed by atoms with Crippen molar-refractivity contribution in [3.63, 3.8) is 0 Å². The van der Waals surface area contributed by atoms with E-state index in [0.717, 1.165) is 5.56 Å². The fourth-order valence-corrected chi connectivity index (χ4v) is 1.91. The van der Waals surface area contributed by atoms with E-state index in [2.05, 4.69) is 20.8 Å². The normalized spacial score (nSPS) is 10.3. The average molecular weight is 342 g/mol. The highest BCUT2D eigenvalue weighted by atomic mass is 16.5. The number of rotatable bonds is 7. The van der Waals surface area contributed by atoms with Gasteiger partial charge in [-0.3, -0.25) is 14.6 Å². The third kappa shape index (κ3) is 5.31. The Kier molecular flexibility index (Phi) is 6.47. The Labute approximate surface area is 144 Å². The van der Waals surface area contributed by atoms with Crippen molar-refractivity contribution in [3.8, 4) is 11.5 Å². The van der Waals surface area contributed by atoms with Crippen LogP contribution in [0.1, 0.15) is 15.9 Å². The smallest absolute Gasteiger partial charge is 0.259 e. The SMILES string of the molecule is COc1ccc(/C=N\NC(=O)CNC(=O)c2cccnc2)cc1OC. The van der Waals surface area contributed by atoms with Crippen molar-refractivity contribution in [2.45, 2.75) is 0 Å². The minimum atomic E-state index is -0.450. The van der Waals surface area contributed by atoms with Crippen LogP contribution in [0.2, 0.25) is 0 Å². The maximum absolute atomic E-state index is 11.8. The zero-order valence-electron chi connectivity index (χ0n) is 13.9. The number of methoxy groups -OCH3 is 2. The van der Waals surface area contributed by atoms with Crippen molar-refractivity contribution in [1.82, 2.24) is 15.7 Å². The van der Waals surface area contributed by atoms with Gasteiger partial charge in [-0.1, -0.05) is 0 Å². The number of nitrogens with one attached hydrogen (secondary N) is 2. The molecule has 0 aliphatic rings. The fraction of sp³-hybridized carbons (Fsp3) is 0.176. The third-order valence-corrected chi connectivity index (χ3v) is 3.14. The summed E-state index contributed by atoms with van der Waals surface area (Å²) < 4.78 is 10.3. The molecule has 0 aliphatic carbocycles. The molecule has 1 aromatic heterocycles. The first-order valence-corrected chi connectivity index (χ1v) is 7.36. The van der Waals surface area contributed by atoms with Crippen molar-refractivity contribution in [2.75, 3.05) is 20.8 Å². The molecule has 130 valence electrons. The van der Waals surface area contributed by atoms with E-state index in [9.17, 15) is 9.59 Å². The van der Waals surface area contributed by atoms with Gasteiger partial charge in [0.25, 0.3) is 11.8 Å². The van der Waals surface area contributed by atoms with Gasteiger partial charge in [-0.05, 0) is 35.9 Å². The zero-order valence-corrected chi connectivity index (χ0v) is 13.9. The third-order valence-electron chi connectivity index (χ3n) is 3.14. The second-order valence-corrected chi connectivity index (χ2v) is 4.83. The van der Waals surface area contributed by atoms with Gasteiger partial charge in [0.1, 0.15) is 0 Å². The van der Waals surface area contributed by atoms with Crippen LogP contribution in [0, 0.1) is 0 Å². The highest BCUT2D eigenvalue weighted by Crippen LogP contribution is 2.26. The van der Waals surface area contributed by atoms with Gasteiger partial charge in [0, 0.05) is 12.4 Å². The zero-order chi connectivity index (χ0) is 18.1. The maximum atomic E-state index is 11.8. The summed E-state index contributed by atoms with van der Waals surface area (Å²) in [7, 11) is 3.08. The lowest BCUT2D eigenvalue weighted by molar-refractivity contribution is -0.120. The number of hydrogen-bond acceptors (Lipinski definition) is 6. The van der Waals surface area contributed by atoms with Crippen LogP contribution in [0.4, 0.5) is 0 Å². The molecule has 1 aromatic carbocycles. The Morgan fingerprint density at radius 3 is 2.68 bits per heavy atom. The molecule has 0 unspecified atom stereocenters. The number of carbonyl (C=O) groups is 2. The van der Waals surface area contributed by atoms with Crippen LogP contribution in [0.15, 0.2) is 47.8 Å². The number of aromatic nitrogens is 1. The van der Waals surface area contributed by atoms with Crippen molar-refractivity contribution >= 4 is 18.0 Å². The molecule has 0 saturated heterocycles. The van der Waals surface area contributed by atoms with Crippen LogP contribution >= 0.6 is 0 Å². The van der Waals surface area contributed by atoms with Crippen LogP contribution < -0.4 is 20.2 Å². The van der Waals surface area contributed by atoms with Gasteiger partial charge in [-0.2, -0.15) is 5.10 Å². The molecule has 0 saturated carbocycles. The standard InChI is InChI=1S/C17H18N4O4/c1-24-14-6-5-12(8-15(14)25-2)9-20-21-16(22)11-19-17(23)13-4-3-7-18-10-13/h3-10H,11H2,1-2H3,(H,19,23)(H,21,22)/b20-9-. The number of benzene rings is 1. The van der Waals surface area contributed by atoms with E-state index in [1.807, 2.05) is 0 Å². The highest BCUT2D eigenvalue weighted by Gasteiger charge is 2.07. The van der Waals surface area contributed by atoms with Crippen LogP contribution in [-0.4, -0.2) is 43.8 Å². The number of amides is 2. The van der Waals surface area contributed by atoms with Crippen molar-refractivity contribution in [1.29, 1.82) is 0 Å². The molecule has 0 radical (unpaired) electrons. The van der Waals surface area contributed by atoms with Gasteiger partial charge < -0.3 is 14.8 Å². The summed E-state index contributed by atoms with van der Waals surface area (Å²) in [5.74, 6) is 0.324. The molecule has 1 heterocycles. The number of carbonyl (C=O) groups excluding carboxylic acids is 2. The summed E-state index contributed by atoms with van der Waals surface area (Å²) in [4.78, 5) is 27.3. The lowest BCUT2D eigenvalue weighted by atomic mass is 10.2. The minimum absolute atomic E-state index is 0.197. The summed E-state index contributed by atoms with van der Waals surface area (Å²) >= 11 is 0. The first-order valence-electron chi connectivity index (χ1n) is 7.36. The molecule has 2 amide bonds. The topological polar surface area (TPSA) is 102 Å². The summed E-state index contributed by atoms with van der Waals surface area (Å²) in [5, 5.41) is 6.32. The molecule has 0 atom stereocenters. The molecule has 0 aliphatic heterocycles. The van der Waals surface area contributed by atoms with E-state index in [0.29, 0.717) is 17.1 Å². The molecule has 2 aromatic rings. The Balaban J connectivity index is 1.83. The maximum Gasteiger partial charge on any atom is 0.259 e. The van der Waals surface area contributed by atoms with Gasteiger partial charge in [0.15, 0.2) is 11.5 Å². The summed E-state index contributed by atoms with van der Waals surface area (Å²) in [6, 6.07) is 8.47. The van der Waals surface area contributed by atoms with Crippen molar-refractivity contribution < 1.29 is 19.1 Å². The van der Waals surface area contributed by atoms with E-state index >= 15 is 0 Å². The lowest BCUT2D eigenvalue weighted by Crippen LogP contribution is -2.34. The van der Waals surface area contributed by atoms with Crippen LogP contribution in [-0.2, 0) is 4.79 Å². The molecule has 25 heavy (non-hydrogen) atoms. The molecule has 2 rings (SSSR count). The molecule has 2 N–H and O–H groups in total. The van der Waals surface area contributed by atoms with E-state index in [1.165, 1.54) is 19.5 Å². The quantitative estimate of drug-likeness (QED) is 0.577. The van der Waals surface area contributed by atoms with Crippen LogP contribution in [0.25, 0.3) is 0 Å². The Bertz CT molecular complexity index is 762. The molecular weight excluding hydrogens is 324 g/mol. The minimum Gasteiger partial charge on any atom is -0.493 e. The van der Waals surface area contributed by atoms with E-state index < -0.39 is 5.91 Å². The number of ether oxygens (including phenoxy) is 2. The van der Waals surface area contributed by atoms with E-state index in [4.69, 9.17) is 9.47 Å². The summed E-state index contributed by atoms with van der Waals surface area (Å²) in [6.45, 7) is -0.197. The molecule has 8 nitrogen and oxygen atoms in total. The molecular formula is C17H18N4O4. The number of hydrogen-bond donors (Lipinski definition) is 2. The number of nitrogens with zero attached hydrogens (tertiary/aromatic N) is 2. The average Bonchev–Trinajstić information content (AvgIpc) is 2.66. The van der Waals surface area contributed by atoms with Gasteiger partial charge in [0.2, 0.25) is 0 Å². The monoisotopic (exact) mass is 342 g/mol. The predicted octanol–water partition coefficient (Wildman–Crippen LogP) is 0.979. The first kappa shape index (κ1) is 17.9. The van der Waals surface area contributed by atoms with Crippen LogP contribution in [0.3, 0.4) is 0 Å². The van der Waals surface area contributed by atoms with Crippen LogP contribution in [0.5, 0.6) is 11.5 Å². The summed E-state index contributed by atoms with van der Waals surface area (Å²) in [6.07, 6.45) is 4.44. The predicted molar refractivity (Wildman–Crippen MR) is 91.9 cm³/mol. The molecule has 0 bridgehead atoms. The summed E-state index contributed by atoms with van der Waals surface area (Å²) in [5.41, 5.74) is 3.43. The second kappa shape index (κ2) is 9.02.